The van der Waals surface area contributed by atoms with Crippen LogP contribution in [0.3, 0.4) is 0 Å². The van der Waals surface area contributed by atoms with Gasteiger partial charge < -0.3 is 19.9 Å². The fourth-order valence-corrected chi connectivity index (χ4v) is 3.73. The largest absolute Gasteiger partial charge is 0.378 e. The number of morpholine rings is 1. The molecule has 2 aliphatic rings. The van der Waals surface area contributed by atoms with E-state index >= 15 is 0 Å². The number of amides is 1. The second-order valence-electron chi connectivity index (χ2n) is 7.31. The van der Waals surface area contributed by atoms with E-state index in [0.717, 1.165) is 37.7 Å². The Labute approximate surface area is 165 Å². The number of piperidine rings is 1. The number of ether oxygens (including phenoxy) is 1. The van der Waals surface area contributed by atoms with Gasteiger partial charge >= 0.3 is 0 Å². The minimum atomic E-state index is -0.217. The Hall–Kier alpha value is -2.67. The Kier molecular flexibility index (Phi) is 5.71. The first kappa shape index (κ1) is 18.7. The molecule has 2 saturated heterocycles. The molecule has 1 amide bonds. The minimum Gasteiger partial charge on any atom is -0.378 e. The first-order valence-electron chi connectivity index (χ1n) is 10.0. The number of hydrogen-bond donors (Lipinski definition) is 1. The predicted octanol–water partition coefficient (Wildman–Crippen LogP) is 2.86. The number of benzene rings is 1. The molecule has 2 aliphatic heterocycles. The maximum atomic E-state index is 12.7. The topological polar surface area (TPSA) is 70.6 Å². The molecule has 7 heteroatoms. The van der Waals surface area contributed by atoms with Crippen LogP contribution in [-0.2, 0) is 4.74 Å². The van der Waals surface area contributed by atoms with Crippen molar-refractivity contribution in [3.63, 3.8) is 0 Å². The fourth-order valence-electron chi connectivity index (χ4n) is 3.73. The lowest BCUT2D eigenvalue weighted by atomic mass is 10.1. The molecule has 28 heavy (non-hydrogen) atoms. The second kappa shape index (κ2) is 8.56. The van der Waals surface area contributed by atoms with Crippen LogP contribution in [0.15, 0.2) is 30.3 Å². The number of nitrogens with one attached hydrogen (secondary N) is 1. The van der Waals surface area contributed by atoms with Gasteiger partial charge in [-0.2, -0.15) is 0 Å². The molecule has 1 N–H and O–H groups in total. The molecule has 0 aliphatic carbocycles. The molecule has 4 rings (SSSR count). The molecule has 0 atom stereocenters. The van der Waals surface area contributed by atoms with Crippen LogP contribution in [0.5, 0.6) is 0 Å². The monoisotopic (exact) mass is 381 g/mol. The lowest BCUT2D eigenvalue weighted by Gasteiger charge is -2.29. The van der Waals surface area contributed by atoms with E-state index in [4.69, 9.17) is 4.74 Å². The Bertz CT molecular complexity index is 812. The standard InChI is InChI=1S/C21H27N5O2/c1-16-22-19(15-20(23-16)26-11-13-28-14-12-26)21(27)24-17-5-7-18(8-6-17)25-9-3-2-4-10-25/h5-8,15H,2-4,9-14H2,1H3,(H,24,27). The van der Waals surface area contributed by atoms with Crippen molar-refractivity contribution in [3.8, 4) is 0 Å². The van der Waals surface area contributed by atoms with Crippen LogP contribution >= 0.6 is 0 Å². The SMILES string of the molecule is Cc1nc(C(=O)Nc2ccc(N3CCCCC3)cc2)cc(N2CCOCC2)n1. The number of nitrogens with zero attached hydrogens (tertiary/aromatic N) is 4. The van der Waals surface area contributed by atoms with Gasteiger partial charge in [0.25, 0.3) is 5.91 Å². The third kappa shape index (κ3) is 4.42. The first-order chi connectivity index (χ1) is 13.7. The van der Waals surface area contributed by atoms with Crippen molar-refractivity contribution < 1.29 is 9.53 Å². The van der Waals surface area contributed by atoms with Gasteiger partial charge in [-0.05, 0) is 50.5 Å². The molecular formula is C21H27N5O2. The van der Waals surface area contributed by atoms with Crippen molar-refractivity contribution in [2.75, 3.05) is 54.5 Å². The van der Waals surface area contributed by atoms with E-state index in [2.05, 4.69) is 37.2 Å². The van der Waals surface area contributed by atoms with Crippen molar-refractivity contribution >= 4 is 23.1 Å². The molecular weight excluding hydrogens is 354 g/mol. The molecule has 0 bridgehead atoms. The molecule has 0 radical (unpaired) electrons. The maximum Gasteiger partial charge on any atom is 0.274 e. The molecule has 148 valence electrons. The van der Waals surface area contributed by atoms with Crippen molar-refractivity contribution in [1.82, 2.24) is 9.97 Å². The van der Waals surface area contributed by atoms with Crippen LogP contribution in [0, 0.1) is 6.92 Å². The highest BCUT2D eigenvalue weighted by molar-refractivity contribution is 6.03. The number of rotatable bonds is 4. The Morgan fingerprint density at radius 1 is 0.964 bits per heavy atom. The van der Waals surface area contributed by atoms with Crippen molar-refractivity contribution in [3.05, 3.63) is 41.9 Å². The van der Waals surface area contributed by atoms with E-state index in [-0.39, 0.29) is 5.91 Å². The lowest BCUT2D eigenvalue weighted by molar-refractivity contribution is 0.102. The second-order valence-corrected chi connectivity index (χ2v) is 7.31. The van der Waals surface area contributed by atoms with E-state index < -0.39 is 0 Å². The van der Waals surface area contributed by atoms with E-state index in [1.807, 2.05) is 19.1 Å². The molecule has 0 saturated carbocycles. The zero-order chi connectivity index (χ0) is 19.3. The fraction of sp³-hybridized carbons (Fsp3) is 0.476. The van der Waals surface area contributed by atoms with Gasteiger partial charge in [0.05, 0.1) is 13.2 Å². The molecule has 1 aromatic heterocycles. The molecule has 2 fully saturated rings. The summed E-state index contributed by atoms with van der Waals surface area (Å²) >= 11 is 0. The van der Waals surface area contributed by atoms with Gasteiger partial charge in [-0.3, -0.25) is 4.79 Å². The minimum absolute atomic E-state index is 0.217. The van der Waals surface area contributed by atoms with E-state index in [9.17, 15) is 4.79 Å². The molecule has 0 spiro atoms. The molecule has 7 nitrogen and oxygen atoms in total. The molecule has 2 aromatic rings. The Morgan fingerprint density at radius 3 is 2.39 bits per heavy atom. The van der Waals surface area contributed by atoms with Crippen LogP contribution in [0.4, 0.5) is 17.2 Å². The summed E-state index contributed by atoms with van der Waals surface area (Å²) in [5, 5.41) is 2.95. The van der Waals surface area contributed by atoms with Crippen molar-refractivity contribution in [2.24, 2.45) is 0 Å². The highest BCUT2D eigenvalue weighted by atomic mass is 16.5. The number of carbonyl (C=O) groups excluding carboxylic acids is 1. The normalized spacial score (nSPS) is 17.5. The highest BCUT2D eigenvalue weighted by Gasteiger charge is 2.17. The lowest BCUT2D eigenvalue weighted by Crippen LogP contribution is -2.37. The number of anilines is 3. The summed E-state index contributed by atoms with van der Waals surface area (Å²) in [6.45, 7) is 6.92. The van der Waals surface area contributed by atoms with Gasteiger partial charge in [-0.25, -0.2) is 9.97 Å². The van der Waals surface area contributed by atoms with Crippen LogP contribution in [0.1, 0.15) is 35.6 Å². The zero-order valence-electron chi connectivity index (χ0n) is 16.4. The summed E-state index contributed by atoms with van der Waals surface area (Å²) in [7, 11) is 0. The Morgan fingerprint density at radius 2 is 1.68 bits per heavy atom. The van der Waals surface area contributed by atoms with Crippen LogP contribution in [0.25, 0.3) is 0 Å². The number of hydrogen-bond acceptors (Lipinski definition) is 6. The van der Waals surface area contributed by atoms with Crippen molar-refractivity contribution in [1.29, 1.82) is 0 Å². The average Bonchev–Trinajstić information content (AvgIpc) is 2.75. The van der Waals surface area contributed by atoms with Crippen LogP contribution in [-0.4, -0.2) is 55.3 Å². The van der Waals surface area contributed by atoms with E-state index in [1.165, 1.54) is 24.9 Å². The zero-order valence-corrected chi connectivity index (χ0v) is 16.4. The molecule has 0 unspecified atom stereocenters. The summed E-state index contributed by atoms with van der Waals surface area (Å²) in [5.41, 5.74) is 2.37. The predicted molar refractivity (Wildman–Crippen MR) is 110 cm³/mol. The first-order valence-corrected chi connectivity index (χ1v) is 10.0. The van der Waals surface area contributed by atoms with Gasteiger partial charge in [-0.15, -0.1) is 0 Å². The number of carbonyl (C=O) groups is 1. The summed E-state index contributed by atoms with van der Waals surface area (Å²) in [5.74, 6) is 1.15. The quantitative estimate of drug-likeness (QED) is 0.878. The summed E-state index contributed by atoms with van der Waals surface area (Å²) in [4.78, 5) is 26.1. The third-order valence-electron chi connectivity index (χ3n) is 5.24. The third-order valence-corrected chi connectivity index (χ3v) is 5.24. The molecule has 1 aromatic carbocycles. The van der Waals surface area contributed by atoms with E-state index in [1.54, 1.807) is 6.07 Å². The van der Waals surface area contributed by atoms with Gasteiger partial charge in [0.2, 0.25) is 0 Å². The van der Waals surface area contributed by atoms with Gasteiger partial charge in [0.1, 0.15) is 17.3 Å². The number of aryl methyl sites for hydroxylation is 1. The average molecular weight is 381 g/mol. The van der Waals surface area contributed by atoms with Gasteiger partial charge in [-0.1, -0.05) is 0 Å². The van der Waals surface area contributed by atoms with Crippen LogP contribution in [0.2, 0.25) is 0 Å². The number of aromatic nitrogens is 2. The Balaban J connectivity index is 1.45. The van der Waals surface area contributed by atoms with Gasteiger partial charge in [0.15, 0.2) is 0 Å². The molecule has 3 heterocycles. The summed E-state index contributed by atoms with van der Waals surface area (Å²) in [6.07, 6.45) is 3.81. The highest BCUT2D eigenvalue weighted by Crippen LogP contribution is 2.22. The van der Waals surface area contributed by atoms with Crippen molar-refractivity contribution in [2.45, 2.75) is 26.2 Å². The van der Waals surface area contributed by atoms with E-state index in [0.29, 0.717) is 24.7 Å². The van der Waals surface area contributed by atoms with Crippen LogP contribution < -0.4 is 15.1 Å². The smallest absolute Gasteiger partial charge is 0.274 e. The summed E-state index contributed by atoms with van der Waals surface area (Å²) < 4.78 is 5.39. The summed E-state index contributed by atoms with van der Waals surface area (Å²) in [6, 6.07) is 9.82. The van der Waals surface area contributed by atoms with Gasteiger partial charge in [0, 0.05) is 43.6 Å². The maximum absolute atomic E-state index is 12.7.